The lowest BCUT2D eigenvalue weighted by atomic mass is 10.2. The third-order valence-corrected chi connectivity index (χ3v) is 3.75. The van der Waals surface area contributed by atoms with Crippen molar-refractivity contribution in [2.24, 2.45) is 0 Å². The quantitative estimate of drug-likeness (QED) is 0.649. The normalized spacial score (nSPS) is 10.7. The summed E-state index contributed by atoms with van der Waals surface area (Å²) in [4.78, 5) is 15.9. The Balaban J connectivity index is 2.17. The van der Waals surface area contributed by atoms with Crippen LogP contribution in [0.3, 0.4) is 0 Å². The smallest absolute Gasteiger partial charge is 0.311 e. The molecule has 0 saturated carbocycles. The van der Waals surface area contributed by atoms with Crippen LogP contribution >= 0.6 is 11.3 Å². The summed E-state index contributed by atoms with van der Waals surface area (Å²) in [6.07, 6.45) is -0.123. The first kappa shape index (κ1) is 15.2. The lowest BCUT2D eigenvalue weighted by molar-refractivity contribution is -0.386. The summed E-state index contributed by atoms with van der Waals surface area (Å²) in [6, 6.07) is 4.80. The number of hydrogen-bond donors (Lipinski definition) is 1. The van der Waals surface area contributed by atoms with Gasteiger partial charge in [-0.05, 0) is 26.8 Å². The monoisotopic (exact) mass is 307 g/mol. The predicted molar refractivity (Wildman–Crippen MR) is 83.0 cm³/mol. The molecule has 0 spiro atoms. The minimum absolute atomic E-state index is 0.0248. The largest absolute Gasteiger partial charge is 0.484 e. The van der Waals surface area contributed by atoms with Crippen LogP contribution in [-0.4, -0.2) is 16.0 Å². The topological polar surface area (TPSA) is 77.3 Å². The standard InChI is InChI=1S/C14H17N3O3S/c1-9(2)20-13-6-11(4-5-12(13)17(18)19)15-7-14-10(3)16-8-21-14/h4-6,8-9,15H,7H2,1-3H3. The molecule has 0 aliphatic carbocycles. The number of nitro groups is 1. The lowest BCUT2D eigenvalue weighted by Gasteiger charge is -2.12. The van der Waals surface area contributed by atoms with Crippen LogP contribution in [0, 0.1) is 17.0 Å². The maximum absolute atomic E-state index is 11.0. The van der Waals surface area contributed by atoms with Crippen molar-refractivity contribution < 1.29 is 9.66 Å². The molecule has 1 N–H and O–H groups in total. The number of rotatable bonds is 6. The molecule has 2 rings (SSSR count). The highest BCUT2D eigenvalue weighted by atomic mass is 32.1. The number of benzene rings is 1. The van der Waals surface area contributed by atoms with Gasteiger partial charge in [0.25, 0.3) is 0 Å². The van der Waals surface area contributed by atoms with E-state index in [-0.39, 0.29) is 17.5 Å². The Labute approximate surface area is 126 Å². The van der Waals surface area contributed by atoms with Gasteiger partial charge >= 0.3 is 5.69 Å². The second-order valence-electron chi connectivity index (χ2n) is 4.82. The summed E-state index contributed by atoms with van der Waals surface area (Å²) in [5.74, 6) is 0.279. The van der Waals surface area contributed by atoms with Gasteiger partial charge in [-0.2, -0.15) is 0 Å². The molecular weight excluding hydrogens is 290 g/mol. The molecule has 0 saturated heterocycles. The van der Waals surface area contributed by atoms with Crippen molar-refractivity contribution >= 4 is 22.7 Å². The summed E-state index contributed by atoms with van der Waals surface area (Å²) in [5, 5.41) is 14.2. The number of anilines is 1. The van der Waals surface area contributed by atoms with Gasteiger partial charge in [-0.15, -0.1) is 11.3 Å². The Bertz CT molecular complexity index is 640. The molecule has 1 heterocycles. The second-order valence-corrected chi connectivity index (χ2v) is 5.76. The molecule has 2 aromatic rings. The molecule has 1 aromatic heterocycles. The van der Waals surface area contributed by atoms with Crippen molar-refractivity contribution in [1.82, 2.24) is 4.98 Å². The molecule has 0 atom stereocenters. The van der Waals surface area contributed by atoms with E-state index in [1.54, 1.807) is 29.0 Å². The average molecular weight is 307 g/mol. The molecule has 0 aliphatic rings. The molecule has 0 bridgehead atoms. The van der Waals surface area contributed by atoms with E-state index in [0.717, 1.165) is 16.3 Å². The van der Waals surface area contributed by atoms with Gasteiger partial charge < -0.3 is 10.1 Å². The van der Waals surface area contributed by atoms with Crippen LogP contribution in [-0.2, 0) is 6.54 Å². The first-order chi connectivity index (χ1) is 9.97. The molecule has 0 amide bonds. The summed E-state index contributed by atoms with van der Waals surface area (Å²) in [6.45, 7) is 6.26. The zero-order valence-electron chi connectivity index (χ0n) is 12.1. The number of aryl methyl sites for hydroxylation is 1. The number of ether oxygens (including phenoxy) is 1. The van der Waals surface area contributed by atoms with E-state index in [1.165, 1.54) is 6.07 Å². The Morgan fingerprint density at radius 1 is 1.48 bits per heavy atom. The SMILES string of the molecule is Cc1ncsc1CNc1ccc([N+](=O)[O-])c(OC(C)C)c1. The Morgan fingerprint density at radius 2 is 2.24 bits per heavy atom. The van der Waals surface area contributed by atoms with Crippen LogP contribution in [0.15, 0.2) is 23.7 Å². The molecule has 1 aromatic carbocycles. The van der Waals surface area contributed by atoms with Crippen LogP contribution in [0.1, 0.15) is 24.4 Å². The molecule has 0 radical (unpaired) electrons. The minimum Gasteiger partial charge on any atom is -0.484 e. The van der Waals surface area contributed by atoms with Crippen molar-refractivity contribution in [3.8, 4) is 5.75 Å². The molecule has 112 valence electrons. The highest BCUT2D eigenvalue weighted by molar-refractivity contribution is 7.09. The molecule has 0 aliphatic heterocycles. The number of aromatic nitrogens is 1. The molecular formula is C14H17N3O3S. The lowest BCUT2D eigenvalue weighted by Crippen LogP contribution is -2.08. The first-order valence-corrected chi connectivity index (χ1v) is 7.43. The number of hydrogen-bond acceptors (Lipinski definition) is 6. The van der Waals surface area contributed by atoms with Crippen LogP contribution in [0.4, 0.5) is 11.4 Å². The molecule has 21 heavy (non-hydrogen) atoms. The van der Waals surface area contributed by atoms with Gasteiger partial charge in [0.05, 0.1) is 28.8 Å². The maximum Gasteiger partial charge on any atom is 0.311 e. The molecule has 6 nitrogen and oxygen atoms in total. The third kappa shape index (κ3) is 3.91. The van der Waals surface area contributed by atoms with Crippen molar-refractivity contribution in [2.45, 2.75) is 33.4 Å². The van der Waals surface area contributed by atoms with Crippen LogP contribution < -0.4 is 10.1 Å². The highest BCUT2D eigenvalue weighted by Crippen LogP contribution is 2.31. The van der Waals surface area contributed by atoms with Crippen LogP contribution in [0.5, 0.6) is 5.75 Å². The van der Waals surface area contributed by atoms with Crippen molar-refractivity contribution in [3.05, 3.63) is 44.4 Å². The van der Waals surface area contributed by atoms with Gasteiger partial charge in [-0.3, -0.25) is 10.1 Å². The second kappa shape index (κ2) is 6.53. The fourth-order valence-electron chi connectivity index (χ4n) is 1.80. The summed E-state index contributed by atoms with van der Waals surface area (Å²) >= 11 is 1.58. The first-order valence-electron chi connectivity index (χ1n) is 6.55. The maximum atomic E-state index is 11.0. The highest BCUT2D eigenvalue weighted by Gasteiger charge is 2.16. The van der Waals surface area contributed by atoms with Gasteiger partial charge in [0.1, 0.15) is 0 Å². The van der Waals surface area contributed by atoms with Crippen molar-refractivity contribution in [3.63, 3.8) is 0 Å². The fraction of sp³-hybridized carbons (Fsp3) is 0.357. The number of thiazole rings is 1. The van der Waals surface area contributed by atoms with Gasteiger partial charge in [-0.25, -0.2) is 4.98 Å². The Hall–Kier alpha value is -2.15. The van der Waals surface area contributed by atoms with Crippen molar-refractivity contribution in [1.29, 1.82) is 0 Å². The Morgan fingerprint density at radius 3 is 2.81 bits per heavy atom. The van der Waals surface area contributed by atoms with Gasteiger partial charge in [0, 0.05) is 22.7 Å². The molecule has 7 heteroatoms. The average Bonchev–Trinajstić information content (AvgIpc) is 2.81. The summed E-state index contributed by atoms with van der Waals surface area (Å²) in [5.41, 5.74) is 3.55. The predicted octanol–water partition coefficient (Wildman–Crippen LogP) is 3.76. The summed E-state index contributed by atoms with van der Waals surface area (Å²) < 4.78 is 5.52. The number of nitrogens with one attached hydrogen (secondary N) is 1. The van der Waals surface area contributed by atoms with E-state index in [4.69, 9.17) is 4.74 Å². The van der Waals surface area contributed by atoms with E-state index < -0.39 is 4.92 Å². The van der Waals surface area contributed by atoms with Gasteiger partial charge in [-0.1, -0.05) is 0 Å². The zero-order valence-corrected chi connectivity index (χ0v) is 12.9. The van der Waals surface area contributed by atoms with Gasteiger partial charge in [0.2, 0.25) is 0 Å². The van der Waals surface area contributed by atoms with E-state index in [1.807, 2.05) is 20.8 Å². The Kier molecular flexibility index (Phi) is 4.74. The van der Waals surface area contributed by atoms with Crippen LogP contribution in [0.25, 0.3) is 0 Å². The van der Waals surface area contributed by atoms with Crippen LogP contribution in [0.2, 0.25) is 0 Å². The van der Waals surface area contributed by atoms with Gasteiger partial charge in [0.15, 0.2) is 5.75 Å². The minimum atomic E-state index is -0.436. The van der Waals surface area contributed by atoms with E-state index in [9.17, 15) is 10.1 Å². The van der Waals surface area contributed by atoms with E-state index in [0.29, 0.717) is 6.54 Å². The molecule has 0 fully saturated rings. The van der Waals surface area contributed by atoms with Crippen molar-refractivity contribution in [2.75, 3.05) is 5.32 Å². The number of nitrogens with zero attached hydrogens (tertiary/aromatic N) is 2. The zero-order chi connectivity index (χ0) is 15.4. The third-order valence-electron chi connectivity index (χ3n) is 2.82. The number of nitro benzene ring substituents is 1. The fourth-order valence-corrected chi connectivity index (χ4v) is 2.52. The molecule has 0 unspecified atom stereocenters. The summed E-state index contributed by atoms with van der Waals surface area (Å²) in [7, 11) is 0. The van der Waals surface area contributed by atoms with E-state index >= 15 is 0 Å². The van der Waals surface area contributed by atoms with E-state index in [2.05, 4.69) is 10.3 Å².